The van der Waals surface area contributed by atoms with Gasteiger partial charge in [0.05, 0.1) is 10.8 Å². The molecule has 0 bridgehead atoms. The van der Waals surface area contributed by atoms with Gasteiger partial charge in [-0.25, -0.2) is 4.79 Å². The van der Waals surface area contributed by atoms with Crippen molar-refractivity contribution in [3.8, 4) is 11.4 Å². The van der Waals surface area contributed by atoms with Crippen molar-refractivity contribution in [2.75, 3.05) is 5.75 Å². The molecule has 0 saturated carbocycles. The molecule has 2 aromatic rings. The number of benzene rings is 1. The number of hydrogen-bond acceptors (Lipinski definition) is 5. The first kappa shape index (κ1) is 22.5. The first-order valence-electron chi connectivity index (χ1n) is 8.79. The maximum Gasteiger partial charge on any atom is 0.321 e. The van der Waals surface area contributed by atoms with E-state index >= 15 is 0 Å². The lowest BCUT2D eigenvalue weighted by atomic mass is 10.2. The highest BCUT2D eigenvalue weighted by atomic mass is 35.5. The first-order valence-corrected chi connectivity index (χ1v) is 10.5. The summed E-state index contributed by atoms with van der Waals surface area (Å²) in [6.07, 6.45) is 0. The fraction of sp³-hybridized carbons (Fsp3) is 0.444. The van der Waals surface area contributed by atoms with E-state index in [1.807, 2.05) is 18.4 Å². The summed E-state index contributed by atoms with van der Waals surface area (Å²) in [6.45, 7) is 8.43. The summed E-state index contributed by atoms with van der Waals surface area (Å²) in [5.41, 5.74) is 0.715. The monoisotopic (exact) mass is 443 g/mol. The maximum absolute atomic E-state index is 12.0. The number of halogens is 2. The average Bonchev–Trinajstić information content (AvgIpc) is 2.94. The topological polar surface area (TPSA) is 88.9 Å². The van der Waals surface area contributed by atoms with Crippen LogP contribution in [0, 0.1) is 5.92 Å². The van der Waals surface area contributed by atoms with Crippen molar-refractivity contribution in [1.82, 2.24) is 25.4 Å². The van der Waals surface area contributed by atoms with Crippen LogP contribution in [0.4, 0.5) is 4.79 Å². The number of thioether (sulfide) groups is 1. The summed E-state index contributed by atoms with van der Waals surface area (Å²) in [6, 6.07) is 4.62. The number of carbonyl (C=O) groups excluding carboxylic acids is 2. The highest BCUT2D eigenvalue weighted by Gasteiger charge is 2.19. The van der Waals surface area contributed by atoms with Gasteiger partial charge in [0.25, 0.3) is 0 Å². The van der Waals surface area contributed by atoms with Crippen LogP contribution in [0.2, 0.25) is 10.0 Å². The highest BCUT2D eigenvalue weighted by Crippen LogP contribution is 2.31. The molecule has 2 rings (SSSR count). The Hall–Kier alpha value is -1.77. The zero-order chi connectivity index (χ0) is 20.8. The van der Waals surface area contributed by atoms with Crippen LogP contribution >= 0.6 is 35.0 Å². The van der Waals surface area contributed by atoms with Gasteiger partial charge in [0.15, 0.2) is 11.0 Å². The zero-order valence-electron chi connectivity index (χ0n) is 16.1. The highest BCUT2D eigenvalue weighted by molar-refractivity contribution is 7.99. The van der Waals surface area contributed by atoms with Crippen molar-refractivity contribution >= 4 is 46.9 Å². The quantitative estimate of drug-likeness (QED) is 0.624. The normalized spacial score (nSPS) is 11.1. The number of carbonyl (C=O) groups is 2. The van der Waals surface area contributed by atoms with Gasteiger partial charge < -0.3 is 9.88 Å². The molecule has 0 radical (unpaired) electrons. The number of nitrogens with zero attached hydrogens (tertiary/aromatic N) is 3. The number of rotatable bonds is 7. The van der Waals surface area contributed by atoms with Crippen LogP contribution in [0.1, 0.15) is 27.7 Å². The number of aromatic nitrogens is 3. The summed E-state index contributed by atoms with van der Waals surface area (Å²) in [5, 5.41) is 15.0. The van der Waals surface area contributed by atoms with Gasteiger partial charge in [0.1, 0.15) is 0 Å². The third-order valence-electron chi connectivity index (χ3n) is 3.44. The number of hydrogen-bond donors (Lipinski definition) is 2. The molecule has 7 nitrogen and oxygen atoms in total. The summed E-state index contributed by atoms with van der Waals surface area (Å²) >= 11 is 13.5. The third kappa shape index (κ3) is 6.39. The summed E-state index contributed by atoms with van der Waals surface area (Å²) in [5.74, 6) is 0.561. The molecular formula is C18H23Cl2N5O2S. The van der Waals surface area contributed by atoms with Crippen LogP contribution in [-0.2, 0) is 11.3 Å². The largest absolute Gasteiger partial charge is 0.336 e. The Morgan fingerprint density at radius 1 is 1.18 bits per heavy atom. The van der Waals surface area contributed by atoms with Crippen molar-refractivity contribution < 1.29 is 9.59 Å². The van der Waals surface area contributed by atoms with Crippen molar-refractivity contribution in [1.29, 1.82) is 0 Å². The van der Waals surface area contributed by atoms with Crippen LogP contribution < -0.4 is 10.6 Å². The van der Waals surface area contributed by atoms with Gasteiger partial charge in [-0.1, -0.05) is 48.8 Å². The standard InChI is InChI=1S/C18H23Cl2N5O2S/c1-10(2)8-25-16(13-6-5-12(19)7-14(13)20)23-24-18(25)28-9-15(26)22-17(27)21-11(3)4/h5-7,10-11H,8-9H2,1-4H3,(H2,21,22,26,27). The Morgan fingerprint density at radius 3 is 2.50 bits per heavy atom. The second-order valence-electron chi connectivity index (χ2n) is 6.90. The molecule has 1 heterocycles. The number of imide groups is 1. The Labute approximate surface area is 178 Å². The van der Waals surface area contributed by atoms with Gasteiger partial charge in [0.2, 0.25) is 5.91 Å². The molecule has 0 aliphatic heterocycles. The number of amides is 3. The van der Waals surface area contributed by atoms with Gasteiger partial charge >= 0.3 is 6.03 Å². The van der Waals surface area contributed by atoms with Crippen molar-refractivity contribution in [3.05, 3.63) is 28.2 Å². The molecule has 1 aromatic carbocycles. The lowest BCUT2D eigenvalue weighted by Gasteiger charge is -2.13. The Kier molecular flexibility index (Phi) is 8.15. The van der Waals surface area contributed by atoms with Crippen LogP contribution in [0.15, 0.2) is 23.4 Å². The van der Waals surface area contributed by atoms with Gasteiger partial charge in [-0.2, -0.15) is 0 Å². The first-order chi connectivity index (χ1) is 13.2. The second kappa shape index (κ2) is 10.1. The SMILES string of the molecule is CC(C)Cn1c(SCC(=O)NC(=O)NC(C)C)nnc1-c1ccc(Cl)cc1Cl. The Balaban J connectivity index is 2.17. The van der Waals surface area contributed by atoms with E-state index in [1.165, 1.54) is 11.8 Å². The van der Waals surface area contributed by atoms with E-state index in [2.05, 4.69) is 34.7 Å². The van der Waals surface area contributed by atoms with Gasteiger partial charge in [-0.05, 0) is 38.0 Å². The van der Waals surface area contributed by atoms with Crippen molar-refractivity contribution in [2.45, 2.75) is 45.4 Å². The molecule has 3 amide bonds. The van der Waals surface area contributed by atoms with Gasteiger partial charge in [-0.15, -0.1) is 10.2 Å². The van der Waals surface area contributed by atoms with E-state index in [9.17, 15) is 9.59 Å². The molecule has 0 atom stereocenters. The van der Waals surface area contributed by atoms with E-state index in [-0.39, 0.29) is 11.8 Å². The third-order valence-corrected chi connectivity index (χ3v) is 4.96. The minimum Gasteiger partial charge on any atom is -0.336 e. The maximum atomic E-state index is 12.0. The molecular weight excluding hydrogens is 421 g/mol. The minimum absolute atomic E-state index is 0.0378. The van der Waals surface area contributed by atoms with Crippen LogP contribution in [-0.4, -0.2) is 38.5 Å². The van der Waals surface area contributed by atoms with Crippen molar-refractivity contribution in [2.24, 2.45) is 5.92 Å². The van der Waals surface area contributed by atoms with Crippen LogP contribution in [0.3, 0.4) is 0 Å². The summed E-state index contributed by atoms with van der Waals surface area (Å²) in [4.78, 5) is 23.7. The van der Waals surface area contributed by atoms with E-state index < -0.39 is 11.9 Å². The van der Waals surface area contributed by atoms with Crippen molar-refractivity contribution in [3.63, 3.8) is 0 Å². The molecule has 10 heteroatoms. The van der Waals surface area contributed by atoms with E-state index in [1.54, 1.807) is 18.2 Å². The van der Waals surface area contributed by atoms with Gasteiger partial charge in [-0.3, -0.25) is 10.1 Å². The molecule has 0 unspecified atom stereocenters. The number of urea groups is 1. The van der Waals surface area contributed by atoms with Crippen LogP contribution in [0.5, 0.6) is 0 Å². The Bertz CT molecular complexity index is 854. The summed E-state index contributed by atoms with van der Waals surface area (Å²) in [7, 11) is 0. The molecule has 152 valence electrons. The second-order valence-corrected chi connectivity index (χ2v) is 8.69. The molecule has 0 saturated heterocycles. The average molecular weight is 444 g/mol. The van der Waals surface area contributed by atoms with E-state index in [0.29, 0.717) is 39.1 Å². The molecule has 28 heavy (non-hydrogen) atoms. The predicted octanol–water partition coefficient (Wildman–Crippen LogP) is 4.23. The number of nitrogens with one attached hydrogen (secondary N) is 2. The van der Waals surface area contributed by atoms with E-state index in [4.69, 9.17) is 23.2 Å². The lowest BCUT2D eigenvalue weighted by molar-refractivity contribution is -0.117. The molecule has 1 aromatic heterocycles. The molecule has 0 fully saturated rings. The fourth-order valence-electron chi connectivity index (χ4n) is 2.39. The smallest absolute Gasteiger partial charge is 0.321 e. The molecule has 0 aliphatic carbocycles. The predicted molar refractivity (Wildman–Crippen MR) is 113 cm³/mol. The molecule has 2 N–H and O–H groups in total. The zero-order valence-corrected chi connectivity index (χ0v) is 18.5. The molecule has 0 aliphatic rings. The van der Waals surface area contributed by atoms with E-state index in [0.717, 1.165) is 0 Å². The minimum atomic E-state index is -0.516. The molecule has 0 spiro atoms. The lowest BCUT2D eigenvalue weighted by Crippen LogP contribution is -2.43. The van der Waals surface area contributed by atoms with Gasteiger partial charge in [0, 0.05) is 23.2 Å². The summed E-state index contributed by atoms with van der Waals surface area (Å²) < 4.78 is 1.92. The van der Waals surface area contributed by atoms with Crippen LogP contribution in [0.25, 0.3) is 11.4 Å². The fourth-order valence-corrected chi connectivity index (χ4v) is 3.63. The Morgan fingerprint density at radius 2 is 1.89 bits per heavy atom.